The average Bonchev–Trinajstić information content (AvgIpc) is 3.42. The lowest BCUT2D eigenvalue weighted by molar-refractivity contribution is -0.946. The monoisotopic (exact) mass is 602 g/mol. The van der Waals surface area contributed by atoms with Crippen molar-refractivity contribution in [1.82, 2.24) is 4.90 Å². The van der Waals surface area contributed by atoms with E-state index in [0.29, 0.717) is 50.0 Å². The number of methoxy groups -OCH3 is 2. The van der Waals surface area contributed by atoms with Crippen LogP contribution < -0.4 is 14.6 Å². The lowest BCUT2D eigenvalue weighted by Gasteiger charge is -2.52. The second kappa shape index (κ2) is 16.8. The van der Waals surface area contributed by atoms with E-state index in [2.05, 4.69) is 0 Å². The molecule has 3 aliphatic rings. The minimum atomic E-state index is -0.500. The smallest absolute Gasteiger partial charge is 0.410 e. The molecule has 11 nitrogen and oxygen atoms in total. The van der Waals surface area contributed by atoms with Gasteiger partial charge in [0, 0.05) is 38.2 Å². The van der Waals surface area contributed by atoms with Gasteiger partial charge in [-0.15, -0.1) is 0 Å². The van der Waals surface area contributed by atoms with E-state index < -0.39 is 6.47 Å². The highest BCUT2D eigenvalue weighted by Crippen LogP contribution is 2.36. The Labute approximate surface area is 254 Å². The van der Waals surface area contributed by atoms with E-state index in [1.165, 1.54) is 0 Å². The highest BCUT2D eigenvalue weighted by molar-refractivity contribution is 5.69. The number of hydrogen-bond donors (Lipinski definition) is 0. The molecule has 238 valence electrons. The summed E-state index contributed by atoms with van der Waals surface area (Å²) in [5, 5.41) is 8.25. The number of benzene rings is 1. The molecule has 0 spiro atoms. The summed E-state index contributed by atoms with van der Waals surface area (Å²) in [5.41, 5.74) is 1.04. The van der Waals surface area contributed by atoms with Crippen molar-refractivity contribution < 1.29 is 47.3 Å². The number of nitrogens with zero attached hydrogens (tertiary/aromatic N) is 2. The molecule has 4 heterocycles. The fraction of sp³-hybridized carbons (Fsp3) is 0.594. The van der Waals surface area contributed by atoms with Gasteiger partial charge in [0.15, 0.2) is 17.6 Å². The molecule has 1 aromatic carbocycles. The predicted octanol–water partition coefficient (Wildman–Crippen LogP) is 3.50. The zero-order valence-electron chi connectivity index (χ0n) is 25.9. The third kappa shape index (κ3) is 9.91. The van der Waals surface area contributed by atoms with E-state index in [-0.39, 0.29) is 18.2 Å². The van der Waals surface area contributed by atoms with E-state index in [9.17, 15) is 9.59 Å². The summed E-state index contributed by atoms with van der Waals surface area (Å²) in [6.45, 7) is 8.59. The van der Waals surface area contributed by atoms with Crippen LogP contribution in [-0.2, 0) is 32.0 Å². The zero-order valence-corrected chi connectivity index (χ0v) is 25.9. The van der Waals surface area contributed by atoms with Crippen molar-refractivity contribution in [2.45, 2.75) is 65.0 Å². The van der Waals surface area contributed by atoms with Gasteiger partial charge in [-0.25, -0.2) is 4.79 Å². The molecule has 0 N–H and O–H groups in total. The Morgan fingerprint density at radius 2 is 1.81 bits per heavy atom. The third-order valence-corrected chi connectivity index (χ3v) is 8.38. The second-order valence-corrected chi connectivity index (χ2v) is 11.2. The molecular formula is C32H46N2O9. The molecule has 2 bridgehead atoms. The maximum absolute atomic E-state index is 13.6. The molecule has 3 fully saturated rings. The first-order valence-electron chi connectivity index (χ1n) is 15.0. The first-order chi connectivity index (χ1) is 20.8. The van der Waals surface area contributed by atoms with Gasteiger partial charge in [0.05, 0.1) is 47.0 Å². The van der Waals surface area contributed by atoms with E-state index in [1.807, 2.05) is 44.2 Å². The lowest BCUT2D eigenvalue weighted by atomic mass is 9.83. The molecule has 1 aromatic heterocycles. The summed E-state index contributed by atoms with van der Waals surface area (Å²) in [6.07, 6.45) is 4.66. The normalized spacial score (nSPS) is 20.4. The Kier molecular flexibility index (Phi) is 13.2. The van der Waals surface area contributed by atoms with Gasteiger partial charge < -0.3 is 42.6 Å². The number of quaternary nitrogens is 1. The molecule has 43 heavy (non-hydrogen) atoms. The Balaban J connectivity index is 0.00000162. The Hall–Kier alpha value is -3.73. The van der Waals surface area contributed by atoms with Crippen LogP contribution in [0.25, 0.3) is 0 Å². The Bertz CT molecular complexity index is 1170. The number of fused-ring (bicyclic) bond motifs is 3. The second-order valence-electron chi connectivity index (χ2n) is 11.2. The number of rotatable bonds is 14. The van der Waals surface area contributed by atoms with E-state index in [0.717, 1.165) is 73.4 Å². The molecule has 0 saturated carbocycles. The lowest BCUT2D eigenvalue weighted by Crippen LogP contribution is -2.65. The molecule has 5 rings (SSSR count). The van der Waals surface area contributed by atoms with Crippen molar-refractivity contribution in [3.8, 4) is 11.5 Å². The minimum Gasteiger partial charge on any atom is -0.554 e. The number of carbonyl (C=O) groups is 3. The predicted molar refractivity (Wildman–Crippen MR) is 156 cm³/mol. The quantitative estimate of drug-likeness (QED) is 0.138. The summed E-state index contributed by atoms with van der Waals surface area (Å²) in [4.78, 5) is 35.3. The van der Waals surface area contributed by atoms with E-state index >= 15 is 0 Å². The van der Waals surface area contributed by atoms with Crippen molar-refractivity contribution in [3.63, 3.8) is 0 Å². The number of piperidine rings is 3. The van der Waals surface area contributed by atoms with Gasteiger partial charge in [-0.2, -0.15) is 0 Å². The van der Waals surface area contributed by atoms with Crippen molar-refractivity contribution in [3.05, 3.63) is 47.4 Å². The fourth-order valence-corrected chi connectivity index (χ4v) is 6.12. The summed E-state index contributed by atoms with van der Waals surface area (Å²) in [5.74, 6) is 3.18. The van der Waals surface area contributed by atoms with Crippen LogP contribution in [0.3, 0.4) is 0 Å². The van der Waals surface area contributed by atoms with Gasteiger partial charge in [0.25, 0.3) is 0 Å². The molecule has 3 saturated heterocycles. The summed E-state index contributed by atoms with van der Waals surface area (Å²) < 4.78 is 28.9. The standard InChI is InChI=1S/C31H45N2O7.CH2O2/c1-5-38-30(34)8-6-7-17-33-18-14-25(15-19-33)29(22-33)40-31(35)32(21-26-11-9-23(2)39-26)16-13-24-10-12-27(36-3)28(20-24)37-4;2-1-3/h9-12,20,25,29H,5-8,13-19,21-22H2,1-4H3;1H,(H,2,3)/q+1;/p-1/t25?,29-,33?;/m0./s1. The van der Waals surface area contributed by atoms with Gasteiger partial charge in [-0.1, -0.05) is 6.07 Å². The average molecular weight is 603 g/mol. The maximum atomic E-state index is 13.6. The van der Waals surface area contributed by atoms with Gasteiger partial charge in [0.1, 0.15) is 18.1 Å². The van der Waals surface area contributed by atoms with Gasteiger partial charge >= 0.3 is 12.1 Å². The van der Waals surface area contributed by atoms with Crippen molar-refractivity contribution in [2.24, 2.45) is 5.92 Å². The van der Waals surface area contributed by atoms with Crippen LogP contribution in [0.2, 0.25) is 0 Å². The molecule has 2 aromatic rings. The topological polar surface area (TPSA) is 128 Å². The number of amides is 1. The first kappa shape index (κ1) is 33.8. The largest absolute Gasteiger partial charge is 0.554 e. The third-order valence-electron chi connectivity index (χ3n) is 8.38. The van der Waals surface area contributed by atoms with Crippen LogP contribution in [0.1, 0.15) is 56.1 Å². The molecule has 3 aliphatic heterocycles. The van der Waals surface area contributed by atoms with E-state index in [1.54, 1.807) is 19.1 Å². The number of aryl methyl sites for hydroxylation is 1. The number of carboxylic acid groups (broad SMARTS) is 1. The molecule has 11 heteroatoms. The first-order valence-corrected chi connectivity index (χ1v) is 15.0. The summed E-state index contributed by atoms with van der Waals surface area (Å²) in [7, 11) is 3.24. The van der Waals surface area contributed by atoms with Crippen LogP contribution in [0.4, 0.5) is 4.79 Å². The van der Waals surface area contributed by atoms with Crippen LogP contribution in [0.15, 0.2) is 34.7 Å². The zero-order chi connectivity index (χ0) is 31.2. The van der Waals surface area contributed by atoms with Crippen molar-refractivity contribution in [2.75, 3.05) is 53.6 Å². The molecule has 0 unspecified atom stereocenters. The van der Waals surface area contributed by atoms with E-state index in [4.69, 9.17) is 33.3 Å². The van der Waals surface area contributed by atoms with Crippen LogP contribution >= 0.6 is 0 Å². The van der Waals surface area contributed by atoms with Gasteiger partial charge in [0.2, 0.25) is 0 Å². The molecule has 0 radical (unpaired) electrons. The maximum Gasteiger partial charge on any atom is 0.410 e. The van der Waals surface area contributed by atoms with Crippen LogP contribution in [0, 0.1) is 12.8 Å². The highest BCUT2D eigenvalue weighted by atomic mass is 16.6. The van der Waals surface area contributed by atoms with Crippen LogP contribution in [-0.4, -0.2) is 87.6 Å². The van der Waals surface area contributed by atoms with Gasteiger partial charge in [-0.3, -0.25) is 4.79 Å². The fourth-order valence-electron chi connectivity index (χ4n) is 6.12. The van der Waals surface area contributed by atoms with Crippen molar-refractivity contribution >= 4 is 18.5 Å². The number of ether oxygens (including phenoxy) is 4. The Morgan fingerprint density at radius 1 is 1.09 bits per heavy atom. The number of esters is 1. The minimum absolute atomic E-state index is 0.0954. The summed E-state index contributed by atoms with van der Waals surface area (Å²) in [6, 6.07) is 9.65. The highest BCUT2D eigenvalue weighted by Gasteiger charge is 2.47. The number of hydrogen-bond acceptors (Lipinski definition) is 9. The molecule has 1 amide bonds. The summed E-state index contributed by atoms with van der Waals surface area (Å²) >= 11 is 0. The van der Waals surface area contributed by atoms with Crippen LogP contribution in [0.5, 0.6) is 11.5 Å². The SMILES string of the molecule is CCOC(=O)CCCC[N+]12CCC(CC1)[C@@H](OC(=O)N(CCc1ccc(OC)c(OC)c1)Cc1ccc(C)o1)C2.O=C[O-]. The number of carbonyl (C=O) groups excluding carboxylic acids is 3. The molecular weight excluding hydrogens is 556 g/mol. The Morgan fingerprint density at radius 3 is 2.44 bits per heavy atom. The van der Waals surface area contributed by atoms with Gasteiger partial charge in [-0.05, 0) is 62.9 Å². The molecule has 0 aliphatic carbocycles. The number of unbranched alkanes of at least 4 members (excludes halogenated alkanes) is 1. The number of furan rings is 1. The van der Waals surface area contributed by atoms with Crippen molar-refractivity contribution in [1.29, 1.82) is 0 Å². The molecule has 1 atom stereocenters.